The van der Waals surface area contributed by atoms with Gasteiger partial charge in [-0.3, -0.25) is 4.90 Å². The van der Waals surface area contributed by atoms with Crippen LogP contribution in [0.25, 0.3) is 10.9 Å². The zero-order chi connectivity index (χ0) is 29.9. The molecule has 4 heterocycles. The number of nitrogens with one attached hydrogen (secondary N) is 3. The van der Waals surface area contributed by atoms with Crippen molar-refractivity contribution in [2.45, 2.75) is 19.0 Å². The number of aromatic amines is 1. The number of aryl methyl sites for hydroxylation is 1. The maximum Gasteiger partial charge on any atom is 0.145 e. The van der Waals surface area contributed by atoms with E-state index in [1.165, 1.54) is 5.56 Å². The van der Waals surface area contributed by atoms with E-state index < -0.39 is 0 Å². The number of nitrogens with zero attached hydrogens (tertiary/aromatic N) is 4. The van der Waals surface area contributed by atoms with Gasteiger partial charge in [-0.25, -0.2) is 15.0 Å². The number of anilines is 2. The molecule has 216 valence electrons. The molecule has 0 saturated heterocycles. The molecule has 6 aromatic rings. The minimum atomic E-state index is -0.364. The fourth-order valence-electron chi connectivity index (χ4n) is 6.64. The average Bonchev–Trinajstić information content (AvgIpc) is 3.26. The molecule has 3 N–H and O–H groups in total. The third-order valence-electron chi connectivity index (χ3n) is 8.82. The molecular weight excluding hydrogens is 554 g/mol. The minimum absolute atomic E-state index is 0.243. The first kappa shape index (κ1) is 25.5. The second-order valence-corrected chi connectivity index (χ2v) is 11.6. The Bertz CT molecular complexity index is 2210. The second kappa shape index (κ2) is 10.1. The van der Waals surface area contributed by atoms with Crippen molar-refractivity contribution in [2.24, 2.45) is 15.0 Å². The second-order valence-electron chi connectivity index (χ2n) is 11.6. The van der Waals surface area contributed by atoms with E-state index in [-0.39, 0.29) is 12.1 Å². The summed E-state index contributed by atoms with van der Waals surface area (Å²) in [4.78, 5) is 22.0. The van der Waals surface area contributed by atoms with Gasteiger partial charge in [0.1, 0.15) is 23.5 Å². The van der Waals surface area contributed by atoms with Crippen molar-refractivity contribution in [3.05, 3.63) is 150 Å². The van der Waals surface area contributed by atoms with Gasteiger partial charge in [0, 0.05) is 33.8 Å². The molecule has 2 atom stereocenters. The zero-order valence-electron chi connectivity index (χ0n) is 24.6. The molecule has 5 aromatic carbocycles. The van der Waals surface area contributed by atoms with Crippen LogP contribution in [0.5, 0.6) is 0 Å². The molecule has 9 rings (SSSR count). The van der Waals surface area contributed by atoms with Crippen molar-refractivity contribution in [1.82, 2.24) is 9.88 Å². The molecule has 7 heteroatoms. The quantitative estimate of drug-likeness (QED) is 0.191. The summed E-state index contributed by atoms with van der Waals surface area (Å²) >= 11 is 0. The summed E-state index contributed by atoms with van der Waals surface area (Å²) in [5, 5.41) is 8.87. The third-order valence-corrected chi connectivity index (χ3v) is 8.82. The fraction of sp³-hybridized carbons (Fsp3) is 0.0789. The van der Waals surface area contributed by atoms with Crippen LogP contribution in [0.15, 0.2) is 143 Å². The summed E-state index contributed by atoms with van der Waals surface area (Å²) in [7, 11) is 0. The molecule has 1 aromatic heterocycles. The summed E-state index contributed by atoms with van der Waals surface area (Å²) in [6, 6.07) is 41.1. The Hall–Kier alpha value is -5.95. The van der Waals surface area contributed by atoms with Crippen molar-refractivity contribution in [3.63, 3.8) is 0 Å². The van der Waals surface area contributed by atoms with Gasteiger partial charge < -0.3 is 15.6 Å². The lowest BCUT2D eigenvalue weighted by molar-refractivity contribution is 0.484. The Morgan fingerprint density at radius 1 is 0.622 bits per heavy atom. The Kier molecular flexibility index (Phi) is 5.71. The van der Waals surface area contributed by atoms with Crippen molar-refractivity contribution in [1.29, 1.82) is 0 Å². The molecule has 7 nitrogen and oxygen atoms in total. The standard InChI is InChI=1S/C38H29N7/c1-23-18-20-24(21-19-23)37-43-32-16-8-9-17-33(32)44-38-26-11-3-5-13-29(26)41-36-35(45(37)38)34(40-30-14-6-7-15-31(30)42-36)27-22-39-28-12-4-2-10-25(27)28/h2-22,34-35,39-40H,1H3,(H,41,42). The SMILES string of the molecule is Cc1ccc(C2=Nc3ccccc3N=C3c4ccccc4N=C4Nc5ccccc5NC(c5c[nH]c6ccccc56)C4N23)cc1. The Labute approximate surface area is 260 Å². The highest BCUT2D eigenvalue weighted by Gasteiger charge is 2.44. The van der Waals surface area contributed by atoms with Crippen LogP contribution in [0, 0.1) is 6.92 Å². The molecule has 0 radical (unpaired) electrons. The van der Waals surface area contributed by atoms with Gasteiger partial charge in [0.15, 0.2) is 0 Å². The number of hydrogen-bond donors (Lipinski definition) is 3. The molecule has 3 aliphatic heterocycles. The predicted octanol–water partition coefficient (Wildman–Crippen LogP) is 8.64. The lowest BCUT2D eigenvalue weighted by Crippen LogP contribution is -2.53. The number of fused-ring (bicyclic) bond motifs is 8. The summed E-state index contributed by atoms with van der Waals surface area (Å²) in [5.41, 5.74) is 9.82. The van der Waals surface area contributed by atoms with E-state index in [1.54, 1.807) is 0 Å². The van der Waals surface area contributed by atoms with Gasteiger partial charge in [0.2, 0.25) is 0 Å². The van der Waals surface area contributed by atoms with Crippen molar-refractivity contribution >= 4 is 56.8 Å². The maximum atomic E-state index is 5.40. The maximum absolute atomic E-state index is 5.40. The van der Waals surface area contributed by atoms with E-state index >= 15 is 0 Å². The molecular formula is C38H29N7. The van der Waals surface area contributed by atoms with E-state index in [4.69, 9.17) is 15.0 Å². The summed E-state index contributed by atoms with van der Waals surface area (Å²) in [5.74, 6) is 2.43. The highest BCUT2D eigenvalue weighted by molar-refractivity contribution is 6.23. The molecule has 0 bridgehead atoms. The minimum Gasteiger partial charge on any atom is -0.374 e. The normalized spacial score (nSPS) is 18.2. The average molecular weight is 584 g/mol. The van der Waals surface area contributed by atoms with Crippen LogP contribution in [0.1, 0.15) is 28.3 Å². The highest BCUT2D eigenvalue weighted by atomic mass is 15.3. The Morgan fingerprint density at radius 3 is 2.11 bits per heavy atom. The molecule has 0 aliphatic carbocycles. The lowest BCUT2D eigenvalue weighted by Gasteiger charge is -2.37. The van der Waals surface area contributed by atoms with Gasteiger partial charge in [-0.2, -0.15) is 0 Å². The van der Waals surface area contributed by atoms with Gasteiger partial charge in [-0.05, 0) is 49.4 Å². The summed E-state index contributed by atoms with van der Waals surface area (Å²) in [6.07, 6.45) is 2.12. The number of aliphatic imine (C=N–C) groups is 3. The first-order valence-electron chi connectivity index (χ1n) is 15.2. The van der Waals surface area contributed by atoms with Gasteiger partial charge in [0.05, 0.1) is 34.5 Å². The predicted molar refractivity (Wildman–Crippen MR) is 184 cm³/mol. The highest BCUT2D eigenvalue weighted by Crippen LogP contribution is 2.43. The number of hydrogen-bond acceptors (Lipinski definition) is 6. The topological polar surface area (TPSA) is 80.2 Å². The van der Waals surface area contributed by atoms with E-state index in [1.807, 2.05) is 36.4 Å². The zero-order valence-corrected chi connectivity index (χ0v) is 24.6. The van der Waals surface area contributed by atoms with Gasteiger partial charge >= 0.3 is 0 Å². The van der Waals surface area contributed by atoms with Gasteiger partial charge in [-0.1, -0.05) is 84.4 Å². The van der Waals surface area contributed by atoms with E-state index in [0.29, 0.717) is 0 Å². The van der Waals surface area contributed by atoms with Crippen molar-refractivity contribution < 1.29 is 0 Å². The molecule has 3 aliphatic rings. The van der Waals surface area contributed by atoms with Crippen LogP contribution >= 0.6 is 0 Å². The lowest BCUT2D eigenvalue weighted by atomic mass is 9.95. The summed E-state index contributed by atoms with van der Waals surface area (Å²) < 4.78 is 0. The van der Waals surface area contributed by atoms with Crippen LogP contribution in [0.2, 0.25) is 0 Å². The first-order chi connectivity index (χ1) is 22.2. The van der Waals surface area contributed by atoms with Gasteiger partial charge in [-0.15, -0.1) is 0 Å². The first-order valence-corrected chi connectivity index (χ1v) is 15.2. The van der Waals surface area contributed by atoms with Crippen LogP contribution in [0.4, 0.5) is 28.4 Å². The third kappa shape index (κ3) is 4.16. The molecule has 45 heavy (non-hydrogen) atoms. The number of H-pyrrole nitrogens is 1. The molecule has 0 spiro atoms. The summed E-state index contributed by atoms with van der Waals surface area (Å²) in [6.45, 7) is 2.11. The van der Waals surface area contributed by atoms with Crippen molar-refractivity contribution in [2.75, 3.05) is 10.6 Å². The monoisotopic (exact) mass is 583 g/mol. The van der Waals surface area contributed by atoms with Crippen molar-refractivity contribution in [3.8, 4) is 0 Å². The fourth-order valence-corrected chi connectivity index (χ4v) is 6.64. The smallest absolute Gasteiger partial charge is 0.145 e. The Morgan fingerprint density at radius 2 is 1.29 bits per heavy atom. The van der Waals surface area contributed by atoms with E-state index in [2.05, 4.69) is 119 Å². The van der Waals surface area contributed by atoms with E-state index in [0.717, 1.165) is 73.5 Å². The molecule has 0 fully saturated rings. The molecule has 2 unspecified atom stereocenters. The number of para-hydroxylation sites is 6. The molecule has 0 amide bonds. The number of benzene rings is 5. The van der Waals surface area contributed by atoms with Crippen LogP contribution in [0.3, 0.4) is 0 Å². The van der Waals surface area contributed by atoms with Gasteiger partial charge in [0.25, 0.3) is 0 Å². The number of amidine groups is 3. The largest absolute Gasteiger partial charge is 0.374 e. The molecule has 0 saturated carbocycles. The Balaban J connectivity index is 1.38. The van der Waals surface area contributed by atoms with Crippen LogP contribution in [-0.2, 0) is 0 Å². The number of aromatic nitrogens is 1. The van der Waals surface area contributed by atoms with Crippen LogP contribution < -0.4 is 10.6 Å². The number of rotatable bonds is 2. The van der Waals surface area contributed by atoms with Crippen LogP contribution in [-0.4, -0.2) is 33.4 Å². The van der Waals surface area contributed by atoms with E-state index in [9.17, 15) is 0 Å².